The maximum atomic E-state index is 12.5. The van der Waals surface area contributed by atoms with Gasteiger partial charge in [-0.15, -0.1) is 0 Å². The summed E-state index contributed by atoms with van der Waals surface area (Å²) in [6.45, 7) is 11.6. The fraction of sp³-hybridized carbons (Fsp3) is 0.882. The third-order valence-corrected chi connectivity index (χ3v) is 5.10. The lowest BCUT2D eigenvalue weighted by molar-refractivity contribution is -0.145. The van der Waals surface area contributed by atoms with E-state index in [1.807, 2.05) is 16.7 Å². The number of carbonyl (C=O) groups excluding carboxylic acids is 1. The van der Waals surface area contributed by atoms with Crippen molar-refractivity contribution in [3.8, 4) is 0 Å². The van der Waals surface area contributed by atoms with Gasteiger partial charge in [-0.05, 0) is 24.7 Å². The third kappa shape index (κ3) is 4.91. The molecule has 3 atom stereocenters. The van der Waals surface area contributed by atoms with Crippen LogP contribution in [-0.2, 0) is 9.59 Å². The van der Waals surface area contributed by atoms with Crippen molar-refractivity contribution in [2.75, 3.05) is 45.8 Å². The number of piperidine rings is 1. The Morgan fingerprint density at radius 3 is 2.13 bits per heavy atom. The molecule has 1 amide bonds. The molecular weight excluding hydrogens is 294 g/mol. The van der Waals surface area contributed by atoms with Gasteiger partial charge in [0.05, 0.1) is 6.54 Å². The molecule has 0 aromatic heterocycles. The Hall–Kier alpha value is -1.14. The van der Waals surface area contributed by atoms with Gasteiger partial charge in [0.2, 0.25) is 5.91 Å². The highest BCUT2D eigenvalue weighted by molar-refractivity contribution is 5.78. The second-order valence-electron chi connectivity index (χ2n) is 7.32. The molecule has 0 aromatic rings. The summed E-state index contributed by atoms with van der Waals surface area (Å²) in [4.78, 5) is 30.0. The summed E-state index contributed by atoms with van der Waals surface area (Å²) in [6, 6.07) is -0.392. The Balaban J connectivity index is 1.79. The minimum absolute atomic E-state index is 0.224. The Morgan fingerprint density at radius 1 is 1.09 bits per heavy atom. The predicted octanol–water partition coefficient (Wildman–Crippen LogP) is 0.972. The molecule has 0 bridgehead atoms. The highest BCUT2D eigenvalue weighted by atomic mass is 16.4. The molecule has 2 saturated heterocycles. The van der Waals surface area contributed by atoms with Crippen molar-refractivity contribution in [3.05, 3.63) is 0 Å². The molecule has 132 valence electrons. The highest BCUT2D eigenvalue weighted by Gasteiger charge is 2.30. The SMILES string of the molecule is CCC(C(=O)O)N1CCN(CC(=O)N2CC(C)CC(C)C2)CC1. The lowest BCUT2D eigenvalue weighted by Gasteiger charge is -2.39. The van der Waals surface area contributed by atoms with Crippen LogP contribution >= 0.6 is 0 Å². The molecule has 0 radical (unpaired) electrons. The first kappa shape index (κ1) is 18.2. The molecule has 1 N–H and O–H groups in total. The van der Waals surface area contributed by atoms with E-state index in [-0.39, 0.29) is 5.91 Å². The summed E-state index contributed by atoms with van der Waals surface area (Å²) in [5.74, 6) is 0.649. The normalized spacial score (nSPS) is 28.6. The van der Waals surface area contributed by atoms with Crippen molar-refractivity contribution < 1.29 is 14.7 Å². The summed E-state index contributed by atoms with van der Waals surface area (Å²) in [6.07, 6.45) is 1.83. The van der Waals surface area contributed by atoms with E-state index < -0.39 is 12.0 Å². The van der Waals surface area contributed by atoms with E-state index in [4.69, 9.17) is 0 Å². The van der Waals surface area contributed by atoms with Crippen LogP contribution < -0.4 is 0 Å². The van der Waals surface area contributed by atoms with Crippen LogP contribution in [0.15, 0.2) is 0 Å². The standard InChI is InChI=1S/C17H31N3O3/c1-4-15(17(22)23)19-7-5-18(6-8-19)12-16(21)20-10-13(2)9-14(3)11-20/h13-15H,4-12H2,1-3H3,(H,22,23). The second-order valence-corrected chi connectivity index (χ2v) is 7.32. The zero-order valence-corrected chi connectivity index (χ0v) is 14.7. The van der Waals surface area contributed by atoms with Crippen molar-refractivity contribution in [3.63, 3.8) is 0 Å². The van der Waals surface area contributed by atoms with E-state index in [1.165, 1.54) is 6.42 Å². The number of amides is 1. The summed E-state index contributed by atoms with van der Waals surface area (Å²) in [5.41, 5.74) is 0. The van der Waals surface area contributed by atoms with Gasteiger partial charge in [-0.3, -0.25) is 19.4 Å². The van der Waals surface area contributed by atoms with Crippen LogP contribution in [0.2, 0.25) is 0 Å². The van der Waals surface area contributed by atoms with Gasteiger partial charge in [0.25, 0.3) is 0 Å². The molecule has 6 nitrogen and oxygen atoms in total. The average molecular weight is 325 g/mol. The molecular formula is C17H31N3O3. The van der Waals surface area contributed by atoms with Crippen molar-refractivity contribution in [2.24, 2.45) is 11.8 Å². The zero-order valence-electron chi connectivity index (χ0n) is 14.7. The van der Waals surface area contributed by atoms with Crippen LogP contribution in [0.1, 0.15) is 33.6 Å². The van der Waals surface area contributed by atoms with Gasteiger partial charge in [0.15, 0.2) is 0 Å². The lowest BCUT2D eigenvalue weighted by atomic mass is 9.92. The first-order valence-corrected chi connectivity index (χ1v) is 8.87. The van der Waals surface area contributed by atoms with E-state index in [0.29, 0.717) is 24.8 Å². The fourth-order valence-corrected chi connectivity index (χ4v) is 3.98. The van der Waals surface area contributed by atoms with Gasteiger partial charge in [-0.2, -0.15) is 0 Å². The van der Waals surface area contributed by atoms with E-state index in [0.717, 1.165) is 39.3 Å². The number of carboxylic acids is 1. The molecule has 0 aromatic carbocycles. The highest BCUT2D eigenvalue weighted by Crippen LogP contribution is 2.21. The number of aliphatic carboxylic acids is 1. The molecule has 0 saturated carbocycles. The minimum atomic E-state index is -0.742. The molecule has 2 rings (SSSR count). The summed E-state index contributed by atoms with van der Waals surface area (Å²) in [5, 5.41) is 9.24. The number of hydrogen-bond acceptors (Lipinski definition) is 4. The number of carbonyl (C=O) groups is 2. The van der Waals surface area contributed by atoms with Crippen molar-refractivity contribution in [1.82, 2.24) is 14.7 Å². The quantitative estimate of drug-likeness (QED) is 0.816. The first-order chi connectivity index (χ1) is 10.9. The van der Waals surface area contributed by atoms with Gasteiger partial charge >= 0.3 is 5.97 Å². The summed E-state index contributed by atoms with van der Waals surface area (Å²) >= 11 is 0. The second kappa shape index (κ2) is 8.11. The first-order valence-electron chi connectivity index (χ1n) is 8.87. The van der Waals surface area contributed by atoms with Crippen molar-refractivity contribution in [1.29, 1.82) is 0 Å². The number of rotatable bonds is 5. The Labute approximate surface area is 139 Å². The smallest absolute Gasteiger partial charge is 0.320 e. The molecule has 0 aliphatic carbocycles. The summed E-state index contributed by atoms with van der Waals surface area (Å²) in [7, 11) is 0. The van der Waals surface area contributed by atoms with Gasteiger partial charge in [0, 0.05) is 39.3 Å². The average Bonchev–Trinajstić information content (AvgIpc) is 2.48. The van der Waals surface area contributed by atoms with Crippen molar-refractivity contribution in [2.45, 2.75) is 39.7 Å². The molecule has 6 heteroatoms. The van der Waals surface area contributed by atoms with Crippen LogP contribution in [0.4, 0.5) is 0 Å². The van der Waals surface area contributed by atoms with E-state index in [2.05, 4.69) is 18.7 Å². The number of carboxylic acid groups (broad SMARTS) is 1. The zero-order chi connectivity index (χ0) is 17.0. The van der Waals surface area contributed by atoms with Gasteiger partial charge in [-0.1, -0.05) is 20.8 Å². The number of likely N-dealkylation sites (tertiary alicyclic amines) is 1. The third-order valence-electron chi connectivity index (χ3n) is 5.10. The minimum Gasteiger partial charge on any atom is -0.480 e. The van der Waals surface area contributed by atoms with Crippen LogP contribution in [0.25, 0.3) is 0 Å². The van der Waals surface area contributed by atoms with E-state index >= 15 is 0 Å². The van der Waals surface area contributed by atoms with Crippen LogP contribution in [0.5, 0.6) is 0 Å². The molecule has 0 spiro atoms. The monoisotopic (exact) mass is 325 g/mol. The number of nitrogens with zero attached hydrogens (tertiary/aromatic N) is 3. The lowest BCUT2D eigenvalue weighted by Crippen LogP contribution is -2.55. The topological polar surface area (TPSA) is 64.1 Å². The number of hydrogen-bond donors (Lipinski definition) is 1. The largest absolute Gasteiger partial charge is 0.480 e. The maximum Gasteiger partial charge on any atom is 0.320 e. The molecule has 3 unspecified atom stereocenters. The fourth-order valence-electron chi connectivity index (χ4n) is 3.98. The van der Waals surface area contributed by atoms with Gasteiger partial charge in [0.1, 0.15) is 6.04 Å². The maximum absolute atomic E-state index is 12.5. The Morgan fingerprint density at radius 2 is 1.65 bits per heavy atom. The van der Waals surface area contributed by atoms with Crippen LogP contribution in [0, 0.1) is 11.8 Å². The molecule has 2 heterocycles. The summed E-state index contributed by atoms with van der Waals surface area (Å²) < 4.78 is 0. The molecule has 2 aliphatic rings. The van der Waals surface area contributed by atoms with E-state index in [9.17, 15) is 14.7 Å². The van der Waals surface area contributed by atoms with Gasteiger partial charge < -0.3 is 10.0 Å². The van der Waals surface area contributed by atoms with Crippen LogP contribution in [-0.4, -0.2) is 83.5 Å². The Bertz CT molecular complexity index is 411. The molecule has 2 aliphatic heterocycles. The Kier molecular flexibility index (Phi) is 6.41. The number of piperazine rings is 1. The van der Waals surface area contributed by atoms with Gasteiger partial charge in [-0.25, -0.2) is 0 Å². The molecule has 2 fully saturated rings. The predicted molar refractivity (Wildman–Crippen MR) is 89.3 cm³/mol. The van der Waals surface area contributed by atoms with Crippen molar-refractivity contribution >= 4 is 11.9 Å². The molecule has 23 heavy (non-hydrogen) atoms. The van der Waals surface area contributed by atoms with E-state index in [1.54, 1.807) is 0 Å². The van der Waals surface area contributed by atoms with Crippen LogP contribution in [0.3, 0.4) is 0 Å².